The first-order valence-electron chi connectivity index (χ1n) is 19.8. The zero-order valence-electron chi connectivity index (χ0n) is 31.7. The van der Waals surface area contributed by atoms with Crippen molar-refractivity contribution >= 4 is 70.1 Å². The molecule has 0 N–H and O–H groups in total. The van der Waals surface area contributed by atoms with Crippen molar-refractivity contribution in [2.24, 2.45) is 0 Å². The summed E-state index contributed by atoms with van der Waals surface area (Å²) < 4.78 is 2.64. The van der Waals surface area contributed by atoms with E-state index in [-0.39, 0.29) is 0 Å². The minimum atomic E-state index is 1.10. The first kappa shape index (κ1) is 34.0. The van der Waals surface area contributed by atoms with E-state index in [1.54, 1.807) is 0 Å². The number of hydrogen-bond acceptors (Lipinski definition) is 2. The molecule has 11 aromatic rings. The average Bonchev–Trinajstić information content (AvgIpc) is 3.68. The Kier molecular flexibility index (Phi) is 8.42. The molecule has 1 nitrogen and oxygen atoms in total. The van der Waals surface area contributed by atoms with Crippen LogP contribution in [0, 0.1) is 0 Å². The summed E-state index contributed by atoms with van der Waals surface area (Å²) >= 11 is 1.86. The largest absolute Gasteiger partial charge is 0.309 e. The van der Waals surface area contributed by atoms with E-state index >= 15 is 0 Å². The lowest BCUT2D eigenvalue weighted by Gasteiger charge is -2.30. The van der Waals surface area contributed by atoms with E-state index in [2.05, 4.69) is 229 Å². The summed E-state index contributed by atoms with van der Waals surface area (Å²) in [5.41, 5.74) is 13.0. The van der Waals surface area contributed by atoms with Crippen LogP contribution in [0.25, 0.3) is 86.2 Å². The third-order valence-corrected chi connectivity index (χ3v) is 12.6. The molecule has 0 spiro atoms. The maximum atomic E-state index is 2.48. The molecule has 0 aliphatic heterocycles. The molecule has 0 fully saturated rings. The smallest absolute Gasteiger partial charge is 0.0546 e. The van der Waals surface area contributed by atoms with Gasteiger partial charge in [-0.05, 0) is 97.6 Å². The molecule has 0 unspecified atom stereocenters. The molecule has 0 bridgehead atoms. The lowest BCUT2D eigenvalue weighted by Crippen LogP contribution is -2.12. The maximum Gasteiger partial charge on any atom is 0.0546 e. The summed E-state index contributed by atoms with van der Waals surface area (Å²) in [4.78, 5) is 2.48. The Morgan fingerprint density at radius 2 is 0.810 bits per heavy atom. The lowest BCUT2D eigenvalue weighted by molar-refractivity contribution is 1.30. The normalized spacial score (nSPS) is 11.4. The summed E-state index contributed by atoms with van der Waals surface area (Å²) in [6.45, 7) is 0. The Morgan fingerprint density at radius 3 is 1.59 bits per heavy atom. The fourth-order valence-corrected chi connectivity index (χ4v) is 9.86. The Balaban J connectivity index is 1.12. The Labute approximate surface area is 342 Å². The van der Waals surface area contributed by atoms with Crippen LogP contribution in [-0.4, -0.2) is 0 Å². The molecule has 10 aromatic carbocycles. The van der Waals surface area contributed by atoms with Crippen LogP contribution in [0.2, 0.25) is 0 Å². The number of para-hydroxylation sites is 1. The number of anilines is 3. The second-order valence-corrected chi connectivity index (χ2v) is 15.9. The van der Waals surface area contributed by atoms with Crippen LogP contribution in [0.15, 0.2) is 224 Å². The second kappa shape index (κ2) is 14.4. The number of benzene rings is 10. The summed E-state index contributed by atoms with van der Waals surface area (Å²) in [7, 11) is 0. The van der Waals surface area contributed by atoms with Crippen molar-refractivity contribution in [3.63, 3.8) is 0 Å². The Morgan fingerprint density at radius 1 is 0.276 bits per heavy atom. The van der Waals surface area contributed by atoms with Gasteiger partial charge in [-0.25, -0.2) is 0 Å². The van der Waals surface area contributed by atoms with Crippen LogP contribution < -0.4 is 4.90 Å². The molecule has 1 heterocycles. The van der Waals surface area contributed by atoms with Crippen molar-refractivity contribution in [1.82, 2.24) is 0 Å². The fraction of sp³-hybridized carbons (Fsp3) is 0. The van der Waals surface area contributed by atoms with Crippen molar-refractivity contribution in [1.29, 1.82) is 0 Å². The number of nitrogens with zero attached hydrogens (tertiary/aromatic N) is 1. The van der Waals surface area contributed by atoms with Gasteiger partial charge >= 0.3 is 0 Å². The average molecular weight is 756 g/mol. The van der Waals surface area contributed by atoms with E-state index in [0.717, 1.165) is 22.6 Å². The number of thiophene rings is 1. The third-order valence-electron chi connectivity index (χ3n) is 11.5. The minimum absolute atomic E-state index is 1.10. The van der Waals surface area contributed by atoms with Crippen LogP contribution >= 0.6 is 11.3 Å². The van der Waals surface area contributed by atoms with Gasteiger partial charge in [0.15, 0.2) is 0 Å². The van der Waals surface area contributed by atoms with Gasteiger partial charge in [-0.15, -0.1) is 11.3 Å². The summed E-state index contributed by atoms with van der Waals surface area (Å²) in [6, 6.07) is 82.0. The molecule has 2 heteroatoms. The molecule has 1 aromatic heterocycles. The van der Waals surface area contributed by atoms with Crippen molar-refractivity contribution in [3.05, 3.63) is 224 Å². The highest BCUT2D eigenvalue weighted by Crippen LogP contribution is 2.48. The summed E-state index contributed by atoms with van der Waals surface area (Å²) in [5.74, 6) is 0. The molecule has 0 aliphatic rings. The minimum Gasteiger partial charge on any atom is -0.309 e. The van der Waals surface area contributed by atoms with Crippen LogP contribution in [0.4, 0.5) is 17.1 Å². The lowest BCUT2D eigenvalue weighted by atomic mass is 9.88. The van der Waals surface area contributed by atoms with Gasteiger partial charge in [0.2, 0.25) is 0 Å². The van der Waals surface area contributed by atoms with Gasteiger partial charge in [0.25, 0.3) is 0 Å². The topological polar surface area (TPSA) is 3.24 Å². The van der Waals surface area contributed by atoms with E-state index < -0.39 is 0 Å². The Hall–Kier alpha value is -7.26. The number of fused-ring (bicyclic) bond motifs is 6. The highest BCUT2D eigenvalue weighted by molar-refractivity contribution is 7.25. The van der Waals surface area contributed by atoms with Gasteiger partial charge in [-0.2, -0.15) is 0 Å². The quantitative estimate of drug-likeness (QED) is 0.146. The van der Waals surface area contributed by atoms with E-state index in [4.69, 9.17) is 0 Å². The van der Waals surface area contributed by atoms with Crippen molar-refractivity contribution in [2.45, 2.75) is 0 Å². The highest BCUT2D eigenvalue weighted by atomic mass is 32.1. The van der Waals surface area contributed by atoms with E-state index in [0.29, 0.717) is 0 Å². The van der Waals surface area contributed by atoms with Crippen LogP contribution in [0.5, 0.6) is 0 Å². The standard InChI is InChI=1S/C56H37NS/c1-2-16-39(17-3-1)43-19-6-7-21-45(43)47-23-8-9-24-48(47)49-25-12-14-28-53(49)57(54-37-41-18-4-5-20-44(41)46-22-10-11-26-50(46)54)42-33-30-38(31-34-42)40-32-35-56-52(36-40)51-27-13-15-29-55(51)58-56/h1-37H. The van der Waals surface area contributed by atoms with Crippen molar-refractivity contribution < 1.29 is 0 Å². The van der Waals surface area contributed by atoms with Crippen LogP contribution in [0.3, 0.4) is 0 Å². The highest BCUT2D eigenvalue weighted by Gasteiger charge is 2.22. The third kappa shape index (κ3) is 5.86. The molecular weight excluding hydrogens is 719 g/mol. The zero-order chi connectivity index (χ0) is 38.4. The molecule has 11 rings (SSSR count). The van der Waals surface area contributed by atoms with Crippen LogP contribution in [-0.2, 0) is 0 Å². The van der Waals surface area contributed by atoms with Crippen LogP contribution in [0.1, 0.15) is 0 Å². The molecular formula is C56H37NS. The predicted molar refractivity (Wildman–Crippen MR) is 251 cm³/mol. The second-order valence-electron chi connectivity index (χ2n) is 14.8. The first-order valence-corrected chi connectivity index (χ1v) is 20.7. The van der Waals surface area contributed by atoms with Crippen molar-refractivity contribution in [3.8, 4) is 44.5 Å². The molecule has 0 saturated heterocycles. The van der Waals surface area contributed by atoms with E-state index in [1.807, 2.05) is 11.3 Å². The predicted octanol–water partition coefficient (Wildman–Crippen LogP) is 16.5. The molecule has 0 aliphatic carbocycles. The Bertz CT molecular complexity index is 3290. The molecule has 0 saturated carbocycles. The summed E-state index contributed by atoms with van der Waals surface area (Å²) in [6.07, 6.45) is 0. The molecule has 0 radical (unpaired) electrons. The van der Waals surface area contributed by atoms with Gasteiger partial charge in [-0.3, -0.25) is 0 Å². The SMILES string of the molecule is c1ccc(-c2ccccc2-c2ccccc2-c2ccccc2N(c2ccc(-c3ccc4sc5ccccc5c4c3)cc2)c2cc3ccccc3c3ccccc23)cc1. The van der Waals surface area contributed by atoms with Gasteiger partial charge in [0, 0.05) is 36.8 Å². The fourth-order valence-electron chi connectivity index (χ4n) is 8.77. The number of rotatable bonds is 7. The van der Waals surface area contributed by atoms with Gasteiger partial charge in [0.05, 0.1) is 11.4 Å². The maximum absolute atomic E-state index is 2.48. The van der Waals surface area contributed by atoms with Crippen molar-refractivity contribution in [2.75, 3.05) is 4.90 Å². The molecule has 0 atom stereocenters. The van der Waals surface area contributed by atoms with Gasteiger partial charge in [0.1, 0.15) is 0 Å². The van der Waals surface area contributed by atoms with Gasteiger partial charge < -0.3 is 4.90 Å². The molecule has 58 heavy (non-hydrogen) atoms. The molecule has 0 amide bonds. The van der Waals surface area contributed by atoms with Gasteiger partial charge in [-0.1, -0.05) is 182 Å². The first-order chi connectivity index (χ1) is 28.8. The summed E-state index contributed by atoms with van der Waals surface area (Å²) in [5, 5.41) is 7.54. The van der Waals surface area contributed by atoms with E-state index in [1.165, 1.54) is 80.7 Å². The molecule has 272 valence electrons. The van der Waals surface area contributed by atoms with E-state index in [9.17, 15) is 0 Å². The zero-order valence-corrected chi connectivity index (χ0v) is 32.5. The monoisotopic (exact) mass is 755 g/mol. The number of hydrogen-bond donors (Lipinski definition) is 0.